The zero-order chi connectivity index (χ0) is 12.8. The summed E-state index contributed by atoms with van der Waals surface area (Å²) in [5.41, 5.74) is 7.51. The zero-order valence-electron chi connectivity index (χ0n) is 10.8. The van der Waals surface area contributed by atoms with Gasteiger partial charge >= 0.3 is 0 Å². The third kappa shape index (κ3) is 4.71. The van der Waals surface area contributed by atoms with Crippen molar-refractivity contribution in [2.75, 3.05) is 6.61 Å². The van der Waals surface area contributed by atoms with E-state index in [9.17, 15) is 0 Å². The molecule has 1 heterocycles. The molecule has 2 nitrogen and oxygen atoms in total. The summed E-state index contributed by atoms with van der Waals surface area (Å²) in [6.45, 7) is 0.936. The minimum atomic E-state index is 0.241. The summed E-state index contributed by atoms with van der Waals surface area (Å²) in [6, 6.07) is 8.64. The van der Waals surface area contributed by atoms with Crippen molar-refractivity contribution < 1.29 is 4.74 Å². The standard InChI is InChI=1S/C15H22BrNO/c16-13-5-3-4-12(10-13)11-14(17)7-8-15-6-1-2-9-18-15/h3-5,10,14-15H,1-2,6-9,11,17H2. The molecule has 0 saturated carbocycles. The molecule has 3 heteroatoms. The number of halogens is 1. The molecule has 0 bridgehead atoms. The van der Waals surface area contributed by atoms with Crippen molar-refractivity contribution in [3.63, 3.8) is 0 Å². The third-order valence-corrected chi connectivity index (χ3v) is 4.01. The largest absolute Gasteiger partial charge is 0.378 e. The molecule has 100 valence electrons. The Bertz CT molecular complexity index is 363. The van der Waals surface area contributed by atoms with Gasteiger partial charge in [-0.2, -0.15) is 0 Å². The predicted octanol–water partition coefficient (Wildman–Crippen LogP) is 3.67. The Balaban J connectivity index is 1.72. The summed E-state index contributed by atoms with van der Waals surface area (Å²) in [4.78, 5) is 0. The van der Waals surface area contributed by atoms with Crippen LogP contribution in [0.2, 0.25) is 0 Å². The first-order valence-corrected chi connectivity index (χ1v) is 7.65. The molecule has 1 aliphatic heterocycles. The molecule has 1 aliphatic rings. The van der Waals surface area contributed by atoms with E-state index < -0.39 is 0 Å². The summed E-state index contributed by atoms with van der Waals surface area (Å²) in [7, 11) is 0. The van der Waals surface area contributed by atoms with Gasteiger partial charge in [-0.05, 0) is 56.2 Å². The molecule has 18 heavy (non-hydrogen) atoms. The van der Waals surface area contributed by atoms with E-state index in [-0.39, 0.29) is 6.04 Å². The van der Waals surface area contributed by atoms with Crippen molar-refractivity contribution in [3.8, 4) is 0 Å². The fourth-order valence-electron chi connectivity index (χ4n) is 2.50. The Morgan fingerprint density at radius 1 is 1.39 bits per heavy atom. The Morgan fingerprint density at radius 2 is 2.28 bits per heavy atom. The molecular formula is C15H22BrNO. The lowest BCUT2D eigenvalue weighted by Gasteiger charge is -2.23. The molecule has 2 N–H and O–H groups in total. The maximum atomic E-state index is 6.20. The van der Waals surface area contributed by atoms with Gasteiger partial charge in [-0.3, -0.25) is 0 Å². The van der Waals surface area contributed by atoms with Crippen LogP contribution in [0.5, 0.6) is 0 Å². The molecular weight excluding hydrogens is 290 g/mol. The van der Waals surface area contributed by atoms with Gasteiger partial charge in [0.05, 0.1) is 6.10 Å². The number of ether oxygens (including phenoxy) is 1. The molecule has 1 fully saturated rings. The van der Waals surface area contributed by atoms with Crippen molar-refractivity contribution >= 4 is 15.9 Å². The van der Waals surface area contributed by atoms with Gasteiger partial charge in [0.15, 0.2) is 0 Å². The van der Waals surface area contributed by atoms with Crippen LogP contribution >= 0.6 is 15.9 Å². The topological polar surface area (TPSA) is 35.2 Å². The van der Waals surface area contributed by atoms with Crippen molar-refractivity contribution in [1.29, 1.82) is 0 Å². The van der Waals surface area contributed by atoms with Crippen LogP contribution in [0.4, 0.5) is 0 Å². The van der Waals surface area contributed by atoms with Crippen LogP contribution in [-0.2, 0) is 11.2 Å². The molecule has 1 aromatic carbocycles. The van der Waals surface area contributed by atoms with E-state index in [1.54, 1.807) is 0 Å². The fourth-order valence-corrected chi connectivity index (χ4v) is 2.95. The van der Waals surface area contributed by atoms with Gasteiger partial charge < -0.3 is 10.5 Å². The second-order valence-corrected chi connectivity index (χ2v) is 6.08. The molecule has 1 saturated heterocycles. The first kappa shape index (κ1) is 14.0. The molecule has 2 unspecified atom stereocenters. The van der Waals surface area contributed by atoms with E-state index in [4.69, 9.17) is 10.5 Å². The lowest BCUT2D eigenvalue weighted by molar-refractivity contribution is 0.00915. The second-order valence-electron chi connectivity index (χ2n) is 5.16. The highest BCUT2D eigenvalue weighted by Crippen LogP contribution is 2.19. The molecule has 2 atom stereocenters. The van der Waals surface area contributed by atoms with Gasteiger partial charge in [-0.25, -0.2) is 0 Å². The number of hydrogen-bond acceptors (Lipinski definition) is 2. The van der Waals surface area contributed by atoms with Gasteiger partial charge in [0.1, 0.15) is 0 Å². The van der Waals surface area contributed by atoms with Crippen LogP contribution < -0.4 is 5.73 Å². The van der Waals surface area contributed by atoms with E-state index in [2.05, 4.69) is 34.1 Å². The minimum absolute atomic E-state index is 0.241. The Hall–Kier alpha value is -0.380. The van der Waals surface area contributed by atoms with Crippen LogP contribution in [0.15, 0.2) is 28.7 Å². The van der Waals surface area contributed by atoms with Crippen LogP contribution in [0, 0.1) is 0 Å². The molecule has 0 spiro atoms. The quantitative estimate of drug-likeness (QED) is 0.900. The Labute approximate surface area is 118 Å². The summed E-state index contributed by atoms with van der Waals surface area (Å²) in [5, 5.41) is 0. The zero-order valence-corrected chi connectivity index (χ0v) is 12.4. The normalized spacial score (nSPS) is 21.8. The van der Waals surface area contributed by atoms with E-state index in [1.165, 1.54) is 24.8 Å². The van der Waals surface area contributed by atoms with Crippen molar-refractivity contribution in [2.24, 2.45) is 5.73 Å². The summed E-state index contributed by atoms with van der Waals surface area (Å²) < 4.78 is 6.86. The first-order chi connectivity index (χ1) is 8.74. The Morgan fingerprint density at radius 3 is 3.00 bits per heavy atom. The van der Waals surface area contributed by atoms with Crippen LogP contribution in [-0.4, -0.2) is 18.8 Å². The van der Waals surface area contributed by atoms with Gasteiger partial charge in [0.2, 0.25) is 0 Å². The molecule has 0 aromatic heterocycles. The number of hydrogen-bond donors (Lipinski definition) is 1. The fraction of sp³-hybridized carbons (Fsp3) is 0.600. The first-order valence-electron chi connectivity index (χ1n) is 6.85. The van der Waals surface area contributed by atoms with E-state index in [0.29, 0.717) is 6.10 Å². The summed E-state index contributed by atoms with van der Waals surface area (Å²) in [6.07, 6.45) is 7.31. The van der Waals surface area contributed by atoms with Gasteiger partial charge in [-0.15, -0.1) is 0 Å². The summed E-state index contributed by atoms with van der Waals surface area (Å²) >= 11 is 3.49. The van der Waals surface area contributed by atoms with E-state index in [1.807, 2.05) is 6.07 Å². The lowest BCUT2D eigenvalue weighted by atomic mass is 9.98. The molecule has 0 radical (unpaired) electrons. The molecule has 0 aliphatic carbocycles. The average Bonchev–Trinajstić information content (AvgIpc) is 2.38. The average molecular weight is 312 g/mol. The van der Waals surface area contributed by atoms with Crippen LogP contribution in [0.3, 0.4) is 0 Å². The highest BCUT2D eigenvalue weighted by Gasteiger charge is 2.15. The lowest BCUT2D eigenvalue weighted by Crippen LogP contribution is -2.27. The molecule has 2 rings (SSSR count). The Kier molecular flexibility index (Phi) is 5.67. The maximum Gasteiger partial charge on any atom is 0.0575 e. The van der Waals surface area contributed by atoms with Gasteiger partial charge in [0, 0.05) is 17.1 Å². The highest BCUT2D eigenvalue weighted by atomic mass is 79.9. The third-order valence-electron chi connectivity index (χ3n) is 3.52. The number of benzene rings is 1. The predicted molar refractivity (Wildman–Crippen MR) is 78.6 cm³/mol. The van der Waals surface area contributed by atoms with Crippen molar-refractivity contribution in [3.05, 3.63) is 34.3 Å². The monoisotopic (exact) mass is 311 g/mol. The SMILES string of the molecule is NC(CCC1CCCCO1)Cc1cccc(Br)c1. The number of rotatable bonds is 5. The smallest absolute Gasteiger partial charge is 0.0575 e. The van der Waals surface area contributed by atoms with Crippen LogP contribution in [0.25, 0.3) is 0 Å². The van der Waals surface area contributed by atoms with E-state index >= 15 is 0 Å². The van der Waals surface area contributed by atoms with Crippen LogP contribution in [0.1, 0.15) is 37.7 Å². The maximum absolute atomic E-state index is 6.20. The number of nitrogens with two attached hydrogens (primary N) is 1. The summed E-state index contributed by atoms with van der Waals surface area (Å²) in [5.74, 6) is 0. The van der Waals surface area contributed by atoms with E-state index in [0.717, 1.165) is 30.3 Å². The second kappa shape index (κ2) is 7.27. The van der Waals surface area contributed by atoms with Gasteiger partial charge in [0.25, 0.3) is 0 Å². The highest BCUT2D eigenvalue weighted by molar-refractivity contribution is 9.10. The molecule has 0 amide bonds. The molecule has 1 aromatic rings. The van der Waals surface area contributed by atoms with Crippen molar-refractivity contribution in [1.82, 2.24) is 0 Å². The van der Waals surface area contributed by atoms with Gasteiger partial charge in [-0.1, -0.05) is 28.1 Å². The minimum Gasteiger partial charge on any atom is -0.378 e. The van der Waals surface area contributed by atoms with Crippen molar-refractivity contribution in [2.45, 2.75) is 50.7 Å².